The molecule has 2 aliphatic heterocycles. The van der Waals surface area contributed by atoms with Gasteiger partial charge >= 0.3 is 0 Å². The lowest BCUT2D eigenvalue weighted by atomic mass is 10.00. The van der Waals surface area contributed by atoms with E-state index in [9.17, 15) is 9.90 Å². The van der Waals surface area contributed by atoms with Crippen LogP contribution in [0.15, 0.2) is 53.4 Å². The van der Waals surface area contributed by atoms with Crippen molar-refractivity contribution in [3.63, 3.8) is 0 Å². The molecule has 0 aliphatic carbocycles. The molecule has 1 atom stereocenters. The molecule has 0 spiro atoms. The van der Waals surface area contributed by atoms with Crippen molar-refractivity contribution in [3.05, 3.63) is 59.7 Å². The number of rotatable bonds is 10. The molecule has 8 heteroatoms. The molecule has 34 heavy (non-hydrogen) atoms. The summed E-state index contributed by atoms with van der Waals surface area (Å²) >= 11 is 1.63. The molecule has 2 aromatic rings. The highest BCUT2D eigenvalue weighted by molar-refractivity contribution is 7.97. The van der Waals surface area contributed by atoms with Gasteiger partial charge in [0.15, 0.2) is 6.61 Å². The van der Waals surface area contributed by atoms with E-state index in [4.69, 9.17) is 4.74 Å². The summed E-state index contributed by atoms with van der Waals surface area (Å²) in [6, 6.07) is 16.6. The van der Waals surface area contributed by atoms with Crippen LogP contribution in [0.3, 0.4) is 0 Å². The molecule has 0 radical (unpaired) electrons. The zero-order valence-corrected chi connectivity index (χ0v) is 20.8. The molecule has 2 heterocycles. The maximum absolute atomic E-state index is 12.4. The van der Waals surface area contributed by atoms with Crippen molar-refractivity contribution in [3.8, 4) is 5.75 Å². The van der Waals surface area contributed by atoms with Gasteiger partial charge in [0, 0.05) is 51.9 Å². The number of aliphatic hydroxyl groups excluding tert-OH is 1. The standard InChI is InChI=1S/C26H36N4O3S/c1-28-15-16-30(18-23(28)19-31)34-25-10-5-4-9-24(25)33-20-26(32)27-12-6-13-29-14-11-21-7-2-3-8-22(21)17-29/h2-5,7-10,23,31H,6,11-20H2,1H3,(H,27,32). The van der Waals surface area contributed by atoms with Crippen LogP contribution in [-0.2, 0) is 17.8 Å². The molecule has 0 saturated carbocycles. The minimum atomic E-state index is -0.0938. The van der Waals surface area contributed by atoms with Gasteiger partial charge in [-0.3, -0.25) is 14.6 Å². The average Bonchev–Trinajstić information content (AvgIpc) is 2.87. The number of amides is 1. The molecular formula is C26H36N4O3S. The van der Waals surface area contributed by atoms with E-state index < -0.39 is 0 Å². The number of aliphatic hydroxyl groups is 1. The molecule has 4 rings (SSSR count). The van der Waals surface area contributed by atoms with Crippen molar-refractivity contribution >= 4 is 17.9 Å². The summed E-state index contributed by atoms with van der Waals surface area (Å²) < 4.78 is 8.12. The summed E-state index contributed by atoms with van der Waals surface area (Å²) in [4.78, 5) is 18.0. The number of fused-ring (bicyclic) bond motifs is 1. The van der Waals surface area contributed by atoms with Gasteiger partial charge in [0.2, 0.25) is 0 Å². The Morgan fingerprint density at radius 1 is 1.12 bits per heavy atom. The van der Waals surface area contributed by atoms with Crippen LogP contribution in [0, 0.1) is 0 Å². The normalized spacial score (nSPS) is 19.5. The number of nitrogens with one attached hydrogen (secondary N) is 1. The molecule has 1 amide bonds. The van der Waals surface area contributed by atoms with Gasteiger partial charge in [-0.25, -0.2) is 4.31 Å². The number of carbonyl (C=O) groups is 1. The zero-order chi connectivity index (χ0) is 23.8. The van der Waals surface area contributed by atoms with E-state index in [0.717, 1.165) is 57.0 Å². The van der Waals surface area contributed by atoms with Gasteiger partial charge in [-0.2, -0.15) is 0 Å². The van der Waals surface area contributed by atoms with E-state index in [0.29, 0.717) is 12.3 Å². The Labute approximate surface area is 207 Å². The molecule has 1 fully saturated rings. The lowest BCUT2D eigenvalue weighted by Gasteiger charge is -2.37. The number of nitrogens with zero attached hydrogens (tertiary/aromatic N) is 3. The zero-order valence-electron chi connectivity index (χ0n) is 20.0. The third-order valence-corrected chi connectivity index (χ3v) is 7.69. The molecule has 184 valence electrons. The van der Waals surface area contributed by atoms with Crippen molar-refractivity contribution in [2.45, 2.75) is 30.3 Å². The number of carbonyl (C=O) groups excluding carboxylic acids is 1. The van der Waals surface area contributed by atoms with Crippen LogP contribution in [0.5, 0.6) is 5.75 Å². The van der Waals surface area contributed by atoms with E-state index in [1.807, 2.05) is 31.3 Å². The smallest absolute Gasteiger partial charge is 0.257 e. The fourth-order valence-corrected chi connectivity index (χ4v) is 5.51. The third kappa shape index (κ3) is 6.96. The van der Waals surface area contributed by atoms with Crippen molar-refractivity contribution in [2.75, 3.05) is 59.5 Å². The second kappa shape index (κ2) is 12.6. The molecule has 0 aromatic heterocycles. The lowest BCUT2D eigenvalue weighted by molar-refractivity contribution is -0.123. The summed E-state index contributed by atoms with van der Waals surface area (Å²) in [7, 11) is 2.05. The van der Waals surface area contributed by atoms with Gasteiger partial charge in [-0.15, -0.1) is 0 Å². The summed E-state index contributed by atoms with van der Waals surface area (Å²) in [5.41, 5.74) is 2.88. The van der Waals surface area contributed by atoms with Crippen LogP contribution in [0.4, 0.5) is 0 Å². The third-order valence-electron chi connectivity index (χ3n) is 6.57. The van der Waals surface area contributed by atoms with E-state index in [1.54, 1.807) is 11.9 Å². The first-order valence-electron chi connectivity index (χ1n) is 12.1. The Balaban J connectivity index is 1.17. The highest BCUT2D eigenvalue weighted by Crippen LogP contribution is 2.32. The Morgan fingerprint density at radius 2 is 1.91 bits per heavy atom. The van der Waals surface area contributed by atoms with Gasteiger partial charge in [-0.1, -0.05) is 36.4 Å². The molecule has 2 aromatic carbocycles. The van der Waals surface area contributed by atoms with Crippen LogP contribution in [0.25, 0.3) is 0 Å². The molecular weight excluding hydrogens is 448 g/mol. The van der Waals surface area contributed by atoms with Gasteiger partial charge < -0.3 is 15.2 Å². The Kier molecular flexibility index (Phi) is 9.24. The average molecular weight is 485 g/mol. The predicted octanol–water partition coefficient (Wildman–Crippen LogP) is 2.25. The maximum Gasteiger partial charge on any atom is 0.257 e. The number of ether oxygens (including phenoxy) is 1. The molecule has 1 unspecified atom stereocenters. The fraction of sp³-hybridized carbons (Fsp3) is 0.500. The van der Waals surface area contributed by atoms with Gasteiger partial charge in [0.1, 0.15) is 5.75 Å². The van der Waals surface area contributed by atoms with Crippen LogP contribution in [0.1, 0.15) is 17.5 Å². The SMILES string of the molecule is CN1CCN(Sc2ccccc2OCC(=O)NCCCN2CCc3ccccc3C2)CC1CO. The van der Waals surface area contributed by atoms with E-state index in [2.05, 4.69) is 43.7 Å². The summed E-state index contributed by atoms with van der Waals surface area (Å²) in [6.45, 7) is 6.48. The summed E-state index contributed by atoms with van der Waals surface area (Å²) in [5, 5.41) is 12.6. The second-order valence-electron chi connectivity index (χ2n) is 9.03. The first-order chi connectivity index (χ1) is 16.6. The van der Waals surface area contributed by atoms with Crippen molar-refractivity contribution < 1.29 is 14.6 Å². The van der Waals surface area contributed by atoms with Crippen LogP contribution in [-0.4, -0.2) is 90.7 Å². The van der Waals surface area contributed by atoms with Crippen molar-refractivity contribution in [1.29, 1.82) is 0 Å². The molecule has 0 bridgehead atoms. The van der Waals surface area contributed by atoms with E-state index in [-0.39, 0.29) is 25.2 Å². The Bertz CT molecular complexity index is 944. The van der Waals surface area contributed by atoms with Gasteiger partial charge in [-0.05, 0) is 55.1 Å². The minimum absolute atomic E-state index is 0.0106. The maximum atomic E-state index is 12.4. The van der Waals surface area contributed by atoms with Crippen LogP contribution < -0.4 is 10.1 Å². The van der Waals surface area contributed by atoms with Crippen LogP contribution >= 0.6 is 11.9 Å². The highest BCUT2D eigenvalue weighted by atomic mass is 32.2. The lowest BCUT2D eigenvalue weighted by Crippen LogP contribution is -2.50. The van der Waals surface area contributed by atoms with E-state index >= 15 is 0 Å². The van der Waals surface area contributed by atoms with Gasteiger partial charge in [0.25, 0.3) is 5.91 Å². The topological polar surface area (TPSA) is 68.3 Å². The van der Waals surface area contributed by atoms with Crippen molar-refractivity contribution in [1.82, 2.24) is 19.4 Å². The van der Waals surface area contributed by atoms with Gasteiger partial charge in [0.05, 0.1) is 11.5 Å². The summed E-state index contributed by atoms with van der Waals surface area (Å²) in [5.74, 6) is 0.623. The first-order valence-corrected chi connectivity index (χ1v) is 12.9. The largest absolute Gasteiger partial charge is 0.483 e. The monoisotopic (exact) mass is 484 g/mol. The number of benzene rings is 2. The minimum Gasteiger partial charge on any atom is -0.483 e. The molecule has 2 N–H and O–H groups in total. The molecule has 2 aliphatic rings. The molecule has 7 nitrogen and oxygen atoms in total. The highest BCUT2D eigenvalue weighted by Gasteiger charge is 2.25. The Hall–Kier alpha value is -2.10. The quantitative estimate of drug-likeness (QED) is 0.396. The number of piperazine rings is 1. The predicted molar refractivity (Wildman–Crippen MR) is 136 cm³/mol. The Morgan fingerprint density at radius 3 is 2.76 bits per heavy atom. The van der Waals surface area contributed by atoms with Crippen LogP contribution in [0.2, 0.25) is 0 Å². The number of hydrogen-bond acceptors (Lipinski definition) is 7. The second-order valence-corrected chi connectivity index (χ2v) is 10.2. The fourth-order valence-electron chi connectivity index (χ4n) is 4.45. The number of likely N-dealkylation sites (N-methyl/N-ethyl adjacent to an activating group) is 1. The van der Waals surface area contributed by atoms with E-state index in [1.165, 1.54) is 11.1 Å². The number of para-hydroxylation sites is 1. The first kappa shape index (κ1) is 25.0. The van der Waals surface area contributed by atoms with Crippen molar-refractivity contribution in [2.24, 2.45) is 0 Å². The molecule has 1 saturated heterocycles. The number of hydrogen-bond donors (Lipinski definition) is 2. The summed E-state index contributed by atoms with van der Waals surface area (Å²) in [6.07, 6.45) is 2.03.